The second-order valence-corrected chi connectivity index (χ2v) is 5.16. The summed E-state index contributed by atoms with van der Waals surface area (Å²) in [6, 6.07) is 1.44. The molecule has 1 aromatic rings. The average Bonchev–Trinajstić information content (AvgIpc) is 2.29. The lowest BCUT2D eigenvalue weighted by atomic mass is 10.1. The number of halogens is 2. The molecule has 1 rings (SSSR count). The van der Waals surface area contributed by atoms with E-state index in [0.717, 1.165) is 0 Å². The van der Waals surface area contributed by atoms with Crippen LogP contribution in [0.25, 0.3) is 0 Å². The lowest BCUT2D eigenvalue weighted by Crippen LogP contribution is -2.40. The summed E-state index contributed by atoms with van der Waals surface area (Å²) in [5.41, 5.74) is -0.114. The van der Waals surface area contributed by atoms with Gasteiger partial charge >= 0.3 is 0 Å². The first kappa shape index (κ1) is 15.2. The van der Waals surface area contributed by atoms with E-state index in [0.29, 0.717) is 18.7 Å². The van der Waals surface area contributed by atoms with Crippen molar-refractivity contribution in [3.63, 3.8) is 0 Å². The zero-order valence-corrected chi connectivity index (χ0v) is 12.1. The van der Waals surface area contributed by atoms with Crippen LogP contribution in [0.4, 0.5) is 0 Å². The molecule has 1 aromatic heterocycles. The van der Waals surface area contributed by atoms with Crippen LogP contribution in [0.1, 0.15) is 31.1 Å². The van der Waals surface area contributed by atoms with E-state index in [9.17, 15) is 4.79 Å². The van der Waals surface area contributed by atoms with Crippen molar-refractivity contribution < 1.29 is 9.53 Å². The van der Waals surface area contributed by atoms with Gasteiger partial charge in [0.2, 0.25) is 0 Å². The van der Waals surface area contributed by atoms with Crippen LogP contribution in [-0.4, -0.2) is 29.6 Å². The molecule has 0 saturated carbocycles. The van der Waals surface area contributed by atoms with Gasteiger partial charge in [-0.2, -0.15) is 0 Å². The number of hydrogen-bond acceptors (Lipinski definition) is 3. The van der Waals surface area contributed by atoms with Gasteiger partial charge in [0.1, 0.15) is 5.15 Å². The molecular weight excluding hydrogens is 275 g/mol. The summed E-state index contributed by atoms with van der Waals surface area (Å²) in [6.45, 7) is 6.68. The van der Waals surface area contributed by atoms with Gasteiger partial charge in [-0.15, -0.1) is 0 Å². The molecule has 4 nitrogen and oxygen atoms in total. The summed E-state index contributed by atoms with van der Waals surface area (Å²) in [5, 5.41) is 3.26. The van der Waals surface area contributed by atoms with Gasteiger partial charge in [0.15, 0.2) is 0 Å². The van der Waals surface area contributed by atoms with E-state index in [1.807, 2.05) is 20.8 Å². The van der Waals surface area contributed by atoms with E-state index in [4.69, 9.17) is 27.9 Å². The molecule has 0 atom stereocenters. The molecule has 0 bridgehead atoms. The number of pyridine rings is 1. The Morgan fingerprint density at radius 2 is 2.17 bits per heavy atom. The van der Waals surface area contributed by atoms with Crippen LogP contribution < -0.4 is 5.32 Å². The Morgan fingerprint density at radius 1 is 1.50 bits per heavy atom. The fourth-order valence-corrected chi connectivity index (χ4v) is 1.76. The van der Waals surface area contributed by atoms with Crippen molar-refractivity contribution in [1.82, 2.24) is 10.3 Å². The molecule has 1 heterocycles. The third kappa shape index (κ3) is 4.44. The first-order chi connectivity index (χ1) is 8.35. The van der Waals surface area contributed by atoms with Gasteiger partial charge in [-0.1, -0.05) is 23.2 Å². The molecule has 0 radical (unpaired) electrons. The van der Waals surface area contributed by atoms with Crippen LogP contribution in [0.2, 0.25) is 10.2 Å². The summed E-state index contributed by atoms with van der Waals surface area (Å²) in [6.07, 6.45) is 1.35. The van der Waals surface area contributed by atoms with Gasteiger partial charge in [-0.3, -0.25) is 4.79 Å². The van der Waals surface area contributed by atoms with Crippen LogP contribution >= 0.6 is 23.2 Å². The second kappa shape index (κ2) is 6.36. The molecule has 1 amide bonds. The Balaban J connectivity index is 2.69. The van der Waals surface area contributed by atoms with E-state index in [-0.39, 0.29) is 16.1 Å². The van der Waals surface area contributed by atoms with E-state index in [1.165, 1.54) is 12.3 Å². The van der Waals surface area contributed by atoms with Crippen molar-refractivity contribution in [1.29, 1.82) is 0 Å². The maximum Gasteiger partial charge on any atom is 0.253 e. The van der Waals surface area contributed by atoms with Crippen LogP contribution in [0.5, 0.6) is 0 Å². The number of amides is 1. The van der Waals surface area contributed by atoms with Crippen molar-refractivity contribution in [2.24, 2.45) is 0 Å². The molecule has 18 heavy (non-hydrogen) atoms. The number of hydrogen-bond donors (Lipinski definition) is 1. The highest BCUT2D eigenvalue weighted by molar-refractivity contribution is 6.35. The van der Waals surface area contributed by atoms with Crippen molar-refractivity contribution in [2.75, 3.05) is 13.2 Å². The standard InChI is InChI=1S/C12H16Cl2N2O2/c1-4-18-12(2,3)7-16-11(17)8-5-10(14)15-6-9(8)13/h5-6H,4,7H2,1-3H3,(H,16,17). The molecule has 0 unspecified atom stereocenters. The molecule has 0 aromatic carbocycles. The van der Waals surface area contributed by atoms with E-state index >= 15 is 0 Å². The smallest absolute Gasteiger partial charge is 0.253 e. The highest BCUT2D eigenvalue weighted by atomic mass is 35.5. The van der Waals surface area contributed by atoms with Crippen LogP contribution in [0, 0.1) is 0 Å². The van der Waals surface area contributed by atoms with Crippen molar-refractivity contribution in [3.8, 4) is 0 Å². The normalized spacial score (nSPS) is 11.4. The quantitative estimate of drug-likeness (QED) is 0.849. The fourth-order valence-electron chi connectivity index (χ4n) is 1.42. The van der Waals surface area contributed by atoms with Gasteiger partial charge in [0.25, 0.3) is 5.91 Å². The molecule has 0 aliphatic carbocycles. The summed E-state index contributed by atoms with van der Waals surface area (Å²) in [5.74, 6) is -0.294. The monoisotopic (exact) mass is 290 g/mol. The molecule has 0 saturated heterocycles. The van der Waals surface area contributed by atoms with Crippen LogP contribution in [0.3, 0.4) is 0 Å². The molecule has 100 valence electrons. The highest BCUT2D eigenvalue weighted by Crippen LogP contribution is 2.18. The Labute approximate surface area is 117 Å². The molecule has 0 aliphatic heterocycles. The van der Waals surface area contributed by atoms with E-state index in [1.54, 1.807) is 0 Å². The lowest BCUT2D eigenvalue weighted by molar-refractivity contribution is -0.00815. The van der Waals surface area contributed by atoms with Gasteiger partial charge in [0, 0.05) is 19.3 Å². The first-order valence-corrected chi connectivity index (χ1v) is 6.34. The van der Waals surface area contributed by atoms with Crippen LogP contribution in [0.15, 0.2) is 12.3 Å². The van der Waals surface area contributed by atoms with Crippen molar-refractivity contribution in [2.45, 2.75) is 26.4 Å². The Morgan fingerprint density at radius 3 is 2.78 bits per heavy atom. The highest BCUT2D eigenvalue weighted by Gasteiger charge is 2.20. The second-order valence-electron chi connectivity index (χ2n) is 4.36. The van der Waals surface area contributed by atoms with Crippen LogP contribution in [-0.2, 0) is 4.74 Å². The number of ether oxygens (including phenoxy) is 1. The van der Waals surface area contributed by atoms with Crippen molar-refractivity contribution in [3.05, 3.63) is 28.0 Å². The lowest BCUT2D eigenvalue weighted by Gasteiger charge is -2.24. The Hall–Kier alpha value is -0.840. The van der Waals surface area contributed by atoms with Crippen molar-refractivity contribution >= 4 is 29.1 Å². The largest absolute Gasteiger partial charge is 0.374 e. The molecule has 0 spiro atoms. The maximum absolute atomic E-state index is 11.9. The number of carbonyl (C=O) groups excluding carboxylic acids is 1. The number of rotatable bonds is 5. The molecule has 0 fully saturated rings. The summed E-state index contributed by atoms with van der Waals surface area (Å²) in [4.78, 5) is 15.7. The van der Waals surface area contributed by atoms with Gasteiger partial charge in [-0.05, 0) is 26.8 Å². The zero-order valence-electron chi connectivity index (χ0n) is 10.6. The Kier molecular flexibility index (Phi) is 5.38. The maximum atomic E-state index is 11.9. The van der Waals surface area contributed by atoms with E-state index in [2.05, 4.69) is 10.3 Å². The molecule has 6 heteroatoms. The predicted octanol–water partition coefficient (Wildman–Crippen LogP) is 2.93. The average molecular weight is 291 g/mol. The third-order valence-corrected chi connectivity index (χ3v) is 2.78. The summed E-state index contributed by atoms with van der Waals surface area (Å²) >= 11 is 11.6. The summed E-state index contributed by atoms with van der Waals surface area (Å²) in [7, 11) is 0. The Bertz CT molecular complexity index is 436. The number of nitrogens with one attached hydrogen (secondary N) is 1. The van der Waals surface area contributed by atoms with E-state index < -0.39 is 5.60 Å². The number of aromatic nitrogens is 1. The third-order valence-electron chi connectivity index (χ3n) is 2.28. The molecule has 1 N–H and O–H groups in total. The summed E-state index contributed by atoms with van der Waals surface area (Å²) < 4.78 is 5.48. The predicted molar refractivity (Wildman–Crippen MR) is 72.3 cm³/mol. The minimum atomic E-state index is -0.423. The topological polar surface area (TPSA) is 51.2 Å². The van der Waals surface area contributed by atoms with Gasteiger partial charge in [-0.25, -0.2) is 4.98 Å². The fraction of sp³-hybridized carbons (Fsp3) is 0.500. The molecule has 0 aliphatic rings. The zero-order chi connectivity index (χ0) is 13.8. The minimum absolute atomic E-state index is 0.230. The minimum Gasteiger partial charge on any atom is -0.374 e. The number of nitrogens with zero attached hydrogens (tertiary/aromatic N) is 1. The number of carbonyl (C=O) groups is 1. The first-order valence-electron chi connectivity index (χ1n) is 5.59. The SMILES string of the molecule is CCOC(C)(C)CNC(=O)c1cc(Cl)ncc1Cl. The van der Waals surface area contributed by atoms with Gasteiger partial charge in [0.05, 0.1) is 16.2 Å². The van der Waals surface area contributed by atoms with Gasteiger partial charge < -0.3 is 10.1 Å². The molecular formula is C12H16Cl2N2O2.